The summed E-state index contributed by atoms with van der Waals surface area (Å²) in [5, 5.41) is 3.37. The summed E-state index contributed by atoms with van der Waals surface area (Å²) >= 11 is 0. The normalized spacial score (nSPS) is 23.6. The van der Waals surface area contributed by atoms with Gasteiger partial charge in [0.1, 0.15) is 0 Å². The van der Waals surface area contributed by atoms with Crippen LogP contribution in [0.15, 0.2) is 24.0 Å². The number of hydrogen-bond acceptors (Lipinski definition) is 2. The van der Waals surface area contributed by atoms with Gasteiger partial charge in [-0.05, 0) is 25.5 Å². The summed E-state index contributed by atoms with van der Waals surface area (Å²) in [6.45, 7) is 3.09. The molecule has 0 aromatic carbocycles. The molecule has 2 atom stereocenters. The van der Waals surface area contributed by atoms with Gasteiger partial charge >= 0.3 is 12.4 Å². The summed E-state index contributed by atoms with van der Waals surface area (Å²) in [7, 11) is 0. The van der Waals surface area contributed by atoms with Crippen molar-refractivity contribution in [2.45, 2.75) is 50.6 Å². The number of alkyl halides is 6. The molecule has 23 heavy (non-hydrogen) atoms. The van der Waals surface area contributed by atoms with Crippen molar-refractivity contribution in [2.75, 3.05) is 0 Å². The Labute approximate surface area is 128 Å². The maximum atomic E-state index is 12.9. The van der Waals surface area contributed by atoms with Gasteiger partial charge in [0.25, 0.3) is 0 Å². The highest BCUT2D eigenvalue weighted by Gasteiger charge is 2.49. The van der Waals surface area contributed by atoms with Crippen LogP contribution >= 0.6 is 0 Å². The first-order valence-electron chi connectivity index (χ1n) is 6.85. The molecule has 1 radical (unpaired) electrons. The second-order valence-electron chi connectivity index (χ2n) is 5.40. The van der Waals surface area contributed by atoms with Gasteiger partial charge in [-0.2, -0.15) is 31.4 Å². The van der Waals surface area contributed by atoms with Crippen LogP contribution in [0, 0.1) is 0 Å². The van der Waals surface area contributed by atoms with Gasteiger partial charge in [-0.25, -0.2) is 10.9 Å². The smallest absolute Gasteiger partial charge is 0.267 e. The molecular formula is C13H15F6N4. The zero-order valence-corrected chi connectivity index (χ0v) is 12.3. The Bertz CT molecular complexity index is 588. The SMILES string of the molecule is CCC1=CC(CC(F)(F)F)(C(C)n2ccc(C(F)(F)F)n2)N[N]1. The predicted octanol–water partition coefficient (Wildman–Crippen LogP) is 3.57. The number of nitrogens with zero attached hydrogens (tertiary/aromatic N) is 3. The van der Waals surface area contributed by atoms with E-state index in [2.05, 4.69) is 16.0 Å². The van der Waals surface area contributed by atoms with Gasteiger partial charge in [-0.15, -0.1) is 0 Å². The monoisotopic (exact) mass is 341 g/mol. The molecule has 1 aliphatic heterocycles. The zero-order chi connectivity index (χ0) is 17.5. The predicted molar refractivity (Wildman–Crippen MR) is 69.0 cm³/mol. The van der Waals surface area contributed by atoms with E-state index in [1.165, 1.54) is 13.0 Å². The lowest BCUT2D eigenvalue weighted by atomic mass is 9.87. The van der Waals surface area contributed by atoms with Crippen molar-refractivity contribution in [1.82, 2.24) is 20.6 Å². The van der Waals surface area contributed by atoms with Crippen molar-refractivity contribution in [1.29, 1.82) is 0 Å². The molecule has 1 aromatic heterocycles. The fraction of sp³-hybridized carbons (Fsp3) is 0.615. The molecule has 0 saturated carbocycles. The summed E-state index contributed by atoms with van der Waals surface area (Å²) in [4.78, 5) is 0. The number of allylic oxidation sites excluding steroid dienone is 1. The second-order valence-corrected chi connectivity index (χ2v) is 5.40. The minimum atomic E-state index is -4.65. The Morgan fingerprint density at radius 3 is 2.35 bits per heavy atom. The summed E-state index contributed by atoms with van der Waals surface area (Å²) in [5.41, 5.74) is 3.89. The van der Waals surface area contributed by atoms with E-state index in [0.717, 1.165) is 16.9 Å². The summed E-state index contributed by atoms with van der Waals surface area (Å²) < 4.78 is 77.6. The lowest BCUT2D eigenvalue weighted by molar-refractivity contribution is -0.150. The molecule has 1 aliphatic rings. The van der Waals surface area contributed by atoms with Crippen molar-refractivity contribution < 1.29 is 26.3 Å². The molecule has 0 bridgehead atoms. The van der Waals surface area contributed by atoms with E-state index in [4.69, 9.17) is 0 Å². The van der Waals surface area contributed by atoms with Crippen LogP contribution in [0.4, 0.5) is 26.3 Å². The maximum Gasteiger partial charge on any atom is 0.435 e. The van der Waals surface area contributed by atoms with Crippen LogP contribution in [0.25, 0.3) is 0 Å². The molecule has 10 heteroatoms. The van der Waals surface area contributed by atoms with Crippen molar-refractivity contribution >= 4 is 0 Å². The van der Waals surface area contributed by atoms with Crippen molar-refractivity contribution in [3.63, 3.8) is 0 Å². The van der Waals surface area contributed by atoms with E-state index in [9.17, 15) is 26.3 Å². The van der Waals surface area contributed by atoms with Crippen molar-refractivity contribution in [3.05, 3.63) is 29.7 Å². The highest BCUT2D eigenvalue weighted by molar-refractivity contribution is 5.22. The first kappa shape index (κ1) is 17.6. The molecule has 129 valence electrons. The molecule has 4 nitrogen and oxygen atoms in total. The van der Waals surface area contributed by atoms with E-state index in [0.29, 0.717) is 12.1 Å². The minimum Gasteiger partial charge on any atom is -0.267 e. The summed E-state index contributed by atoms with van der Waals surface area (Å²) in [5.74, 6) is 0. The molecular weight excluding hydrogens is 326 g/mol. The number of hydrogen-bond donors (Lipinski definition) is 1. The zero-order valence-electron chi connectivity index (χ0n) is 12.3. The largest absolute Gasteiger partial charge is 0.435 e. The van der Waals surface area contributed by atoms with E-state index < -0.39 is 36.0 Å². The van der Waals surface area contributed by atoms with Crippen LogP contribution in [0.2, 0.25) is 0 Å². The number of aromatic nitrogens is 2. The third kappa shape index (κ3) is 3.80. The van der Waals surface area contributed by atoms with Crippen molar-refractivity contribution in [2.24, 2.45) is 0 Å². The lowest BCUT2D eigenvalue weighted by Gasteiger charge is -2.34. The van der Waals surface area contributed by atoms with Crippen molar-refractivity contribution in [3.8, 4) is 0 Å². The van der Waals surface area contributed by atoms with E-state index >= 15 is 0 Å². The van der Waals surface area contributed by atoms with E-state index in [1.54, 1.807) is 6.92 Å². The molecule has 1 N–H and O–H groups in total. The van der Waals surface area contributed by atoms with Gasteiger partial charge < -0.3 is 0 Å². The summed E-state index contributed by atoms with van der Waals surface area (Å²) in [6, 6.07) is -0.290. The van der Waals surface area contributed by atoms with Gasteiger partial charge in [-0.1, -0.05) is 6.92 Å². The molecule has 0 aliphatic carbocycles. The van der Waals surface area contributed by atoms with Gasteiger partial charge in [-0.3, -0.25) is 4.68 Å². The molecule has 0 saturated heterocycles. The number of halogens is 6. The molecule has 0 amide bonds. The highest BCUT2D eigenvalue weighted by Crippen LogP contribution is 2.39. The maximum absolute atomic E-state index is 12.9. The lowest BCUT2D eigenvalue weighted by Crippen LogP contribution is -2.51. The number of rotatable bonds is 4. The van der Waals surface area contributed by atoms with E-state index in [1.807, 2.05) is 0 Å². The Hall–Kier alpha value is -1.71. The molecule has 0 fully saturated rings. The van der Waals surface area contributed by atoms with Crippen LogP contribution in [-0.2, 0) is 6.18 Å². The Morgan fingerprint density at radius 1 is 1.26 bits per heavy atom. The fourth-order valence-electron chi connectivity index (χ4n) is 2.44. The average molecular weight is 341 g/mol. The Balaban J connectivity index is 2.36. The Kier molecular flexibility index (Phi) is 4.40. The molecule has 2 heterocycles. The topological polar surface area (TPSA) is 44.0 Å². The first-order chi connectivity index (χ1) is 10.5. The molecule has 2 rings (SSSR count). The van der Waals surface area contributed by atoms with Gasteiger partial charge in [0.2, 0.25) is 0 Å². The van der Waals surface area contributed by atoms with Crippen LogP contribution < -0.4 is 10.9 Å². The minimum absolute atomic E-state index is 0.409. The highest BCUT2D eigenvalue weighted by atomic mass is 19.4. The van der Waals surface area contributed by atoms with Crippen LogP contribution in [0.1, 0.15) is 38.4 Å². The molecule has 0 spiro atoms. The van der Waals surface area contributed by atoms with Gasteiger partial charge in [0, 0.05) is 6.20 Å². The van der Waals surface area contributed by atoms with Crippen LogP contribution in [0.3, 0.4) is 0 Å². The second kappa shape index (κ2) is 5.73. The summed E-state index contributed by atoms with van der Waals surface area (Å²) in [6.07, 6.45) is -7.69. The fourth-order valence-corrected chi connectivity index (χ4v) is 2.44. The number of nitrogens with one attached hydrogen (secondary N) is 1. The standard InChI is InChI=1S/C13H15F6N4/c1-3-9-6-11(22-20-9,7-12(14,15)16)8(2)23-5-4-10(21-23)13(17,18)19/h4-6,8,22H,3,7H2,1-2H3. The van der Waals surface area contributed by atoms with Gasteiger partial charge in [0.15, 0.2) is 5.69 Å². The molecule has 1 aromatic rings. The van der Waals surface area contributed by atoms with Crippen LogP contribution in [0.5, 0.6) is 0 Å². The van der Waals surface area contributed by atoms with E-state index in [-0.39, 0.29) is 0 Å². The van der Waals surface area contributed by atoms with Crippen LogP contribution in [-0.4, -0.2) is 21.5 Å². The quantitative estimate of drug-likeness (QED) is 0.851. The van der Waals surface area contributed by atoms with Gasteiger partial charge in [0.05, 0.1) is 23.7 Å². The average Bonchev–Trinajstić information content (AvgIpc) is 3.02. The third-order valence-corrected chi connectivity index (χ3v) is 3.73. The molecule has 2 unspecified atom stereocenters. The Morgan fingerprint density at radius 2 is 1.91 bits per heavy atom. The first-order valence-corrected chi connectivity index (χ1v) is 6.85. The third-order valence-electron chi connectivity index (χ3n) is 3.73.